The molecule has 0 atom stereocenters. The minimum atomic E-state index is -0.166. The van der Waals surface area contributed by atoms with E-state index in [4.69, 9.17) is 0 Å². The first kappa shape index (κ1) is 22.0. The van der Waals surface area contributed by atoms with Crippen LogP contribution in [0.25, 0.3) is 10.8 Å². The molecule has 0 aliphatic carbocycles. The fraction of sp³-hybridized carbons (Fsp3) is 0.333. The molecule has 5 nitrogen and oxygen atoms in total. The molecule has 5 heteroatoms. The van der Waals surface area contributed by atoms with Crippen molar-refractivity contribution in [2.75, 3.05) is 18.4 Å². The van der Waals surface area contributed by atoms with Crippen LogP contribution in [0.15, 0.2) is 66.7 Å². The van der Waals surface area contributed by atoms with Gasteiger partial charge in [0.2, 0.25) is 5.91 Å². The lowest BCUT2D eigenvalue weighted by Gasteiger charge is -2.31. The molecular weight excluding hydrogens is 398 g/mol. The molecule has 2 N–H and O–H groups in total. The van der Waals surface area contributed by atoms with Gasteiger partial charge in [0.05, 0.1) is 11.3 Å². The first-order chi connectivity index (χ1) is 15.5. The molecule has 0 aromatic heterocycles. The lowest BCUT2D eigenvalue weighted by Crippen LogP contribution is -2.38. The average Bonchev–Trinajstić information content (AvgIpc) is 2.79. The van der Waals surface area contributed by atoms with Gasteiger partial charge in [-0.25, -0.2) is 0 Å². The molecule has 4 rings (SSSR count). The summed E-state index contributed by atoms with van der Waals surface area (Å²) < 4.78 is 0. The van der Waals surface area contributed by atoms with Crippen LogP contribution in [0.2, 0.25) is 0 Å². The SMILES string of the molecule is CC(C)NC(=O)c1ccccc1NC(=O)C1CCN(Cc2cccc3ccccc23)CC1. The van der Waals surface area contributed by atoms with Crippen LogP contribution in [-0.2, 0) is 11.3 Å². The van der Waals surface area contributed by atoms with E-state index in [-0.39, 0.29) is 23.8 Å². The number of hydrogen-bond donors (Lipinski definition) is 2. The van der Waals surface area contributed by atoms with Crippen LogP contribution in [0.3, 0.4) is 0 Å². The van der Waals surface area contributed by atoms with Gasteiger partial charge in [-0.2, -0.15) is 0 Å². The number of carbonyl (C=O) groups excluding carboxylic acids is 2. The highest BCUT2D eigenvalue weighted by atomic mass is 16.2. The molecule has 0 bridgehead atoms. The van der Waals surface area contributed by atoms with Crippen molar-refractivity contribution in [1.29, 1.82) is 0 Å². The van der Waals surface area contributed by atoms with Crippen LogP contribution < -0.4 is 10.6 Å². The van der Waals surface area contributed by atoms with Gasteiger partial charge in [0, 0.05) is 18.5 Å². The molecule has 1 aliphatic rings. The van der Waals surface area contributed by atoms with Crippen molar-refractivity contribution in [3.63, 3.8) is 0 Å². The highest BCUT2D eigenvalue weighted by molar-refractivity contribution is 6.04. The van der Waals surface area contributed by atoms with Crippen molar-refractivity contribution in [2.45, 2.75) is 39.3 Å². The van der Waals surface area contributed by atoms with E-state index in [9.17, 15) is 9.59 Å². The van der Waals surface area contributed by atoms with Gasteiger partial charge in [-0.05, 0) is 68.2 Å². The summed E-state index contributed by atoms with van der Waals surface area (Å²) in [4.78, 5) is 27.8. The Morgan fingerprint density at radius 1 is 0.938 bits per heavy atom. The highest BCUT2D eigenvalue weighted by Crippen LogP contribution is 2.25. The minimum Gasteiger partial charge on any atom is -0.350 e. The molecule has 166 valence electrons. The topological polar surface area (TPSA) is 61.4 Å². The predicted molar refractivity (Wildman–Crippen MR) is 130 cm³/mol. The van der Waals surface area contributed by atoms with E-state index in [0.29, 0.717) is 11.3 Å². The zero-order valence-corrected chi connectivity index (χ0v) is 18.8. The van der Waals surface area contributed by atoms with Gasteiger partial charge in [0.15, 0.2) is 0 Å². The number of fused-ring (bicyclic) bond motifs is 1. The number of nitrogens with zero attached hydrogens (tertiary/aromatic N) is 1. The number of piperidine rings is 1. The molecule has 0 saturated carbocycles. The van der Waals surface area contributed by atoms with Gasteiger partial charge in [-0.3, -0.25) is 14.5 Å². The normalized spacial score (nSPS) is 15.1. The Balaban J connectivity index is 1.36. The van der Waals surface area contributed by atoms with Crippen LogP contribution in [0.5, 0.6) is 0 Å². The Hall–Kier alpha value is -3.18. The Labute approximate surface area is 189 Å². The number of anilines is 1. The number of para-hydroxylation sites is 1. The molecule has 32 heavy (non-hydrogen) atoms. The Morgan fingerprint density at radius 2 is 1.62 bits per heavy atom. The van der Waals surface area contributed by atoms with E-state index >= 15 is 0 Å². The van der Waals surface area contributed by atoms with Gasteiger partial charge >= 0.3 is 0 Å². The van der Waals surface area contributed by atoms with Crippen molar-refractivity contribution in [3.05, 3.63) is 77.9 Å². The largest absolute Gasteiger partial charge is 0.350 e. The van der Waals surface area contributed by atoms with Crippen molar-refractivity contribution >= 4 is 28.3 Å². The zero-order chi connectivity index (χ0) is 22.5. The molecule has 1 aliphatic heterocycles. The third-order valence-electron chi connectivity index (χ3n) is 6.08. The van der Waals surface area contributed by atoms with E-state index in [1.54, 1.807) is 12.1 Å². The van der Waals surface area contributed by atoms with Crippen LogP contribution in [0, 0.1) is 5.92 Å². The van der Waals surface area contributed by atoms with E-state index in [1.165, 1.54) is 16.3 Å². The number of amides is 2. The second kappa shape index (κ2) is 9.96. The minimum absolute atomic E-state index is 0.000363. The number of hydrogen-bond acceptors (Lipinski definition) is 3. The molecule has 0 spiro atoms. The van der Waals surface area contributed by atoms with E-state index in [0.717, 1.165) is 32.5 Å². The van der Waals surface area contributed by atoms with Crippen molar-refractivity contribution in [3.8, 4) is 0 Å². The summed E-state index contributed by atoms with van der Waals surface area (Å²) in [6.45, 7) is 6.51. The maximum atomic E-state index is 12.9. The molecule has 1 heterocycles. The van der Waals surface area contributed by atoms with Crippen LogP contribution in [0.4, 0.5) is 5.69 Å². The fourth-order valence-corrected chi connectivity index (χ4v) is 4.39. The highest BCUT2D eigenvalue weighted by Gasteiger charge is 2.26. The number of carbonyl (C=O) groups is 2. The van der Waals surface area contributed by atoms with E-state index in [2.05, 4.69) is 58.0 Å². The summed E-state index contributed by atoms with van der Waals surface area (Å²) in [5, 5.41) is 8.46. The monoisotopic (exact) mass is 429 g/mol. The third kappa shape index (κ3) is 5.17. The number of likely N-dealkylation sites (tertiary alicyclic amines) is 1. The maximum Gasteiger partial charge on any atom is 0.253 e. The lowest BCUT2D eigenvalue weighted by atomic mass is 9.94. The summed E-state index contributed by atoms with van der Waals surface area (Å²) in [5.41, 5.74) is 2.41. The van der Waals surface area contributed by atoms with E-state index < -0.39 is 0 Å². The van der Waals surface area contributed by atoms with E-state index in [1.807, 2.05) is 26.0 Å². The van der Waals surface area contributed by atoms with Crippen molar-refractivity contribution in [1.82, 2.24) is 10.2 Å². The Morgan fingerprint density at radius 3 is 2.41 bits per heavy atom. The first-order valence-corrected chi connectivity index (χ1v) is 11.4. The molecule has 3 aromatic carbocycles. The summed E-state index contributed by atoms with van der Waals surface area (Å²) in [7, 11) is 0. The third-order valence-corrected chi connectivity index (χ3v) is 6.08. The van der Waals surface area contributed by atoms with Gasteiger partial charge in [0.1, 0.15) is 0 Å². The maximum absolute atomic E-state index is 12.9. The molecule has 0 radical (unpaired) electrons. The molecular formula is C27H31N3O2. The Kier molecular flexibility index (Phi) is 6.86. The second-order valence-electron chi connectivity index (χ2n) is 8.85. The van der Waals surface area contributed by atoms with Gasteiger partial charge < -0.3 is 10.6 Å². The van der Waals surface area contributed by atoms with Crippen molar-refractivity contribution in [2.24, 2.45) is 5.92 Å². The smallest absolute Gasteiger partial charge is 0.253 e. The van der Waals surface area contributed by atoms with Crippen LogP contribution in [0.1, 0.15) is 42.6 Å². The summed E-state index contributed by atoms with van der Waals surface area (Å²) in [6.07, 6.45) is 1.63. The average molecular weight is 430 g/mol. The second-order valence-corrected chi connectivity index (χ2v) is 8.85. The summed E-state index contributed by atoms with van der Waals surface area (Å²) >= 11 is 0. The fourth-order valence-electron chi connectivity index (χ4n) is 4.39. The number of rotatable bonds is 6. The molecule has 3 aromatic rings. The summed E-state index contributed by atoms with van der Waals surface area (Å²) in [5.74, 6) is -0.208. The molecule has 0 unspecified atom stereocenters. The zero-order valence-electron chi connectivity index (χ0n) is 18.8. The lowest BCUT2D eigenvalue weighted by molar-refractivity contribution is -0.121. The molecule has 1 fully saturated rings. The first-order valence-electron chi connectivity index (χ1n) is 11.4. The predicted octanol–water partition coefficient (Wildman–Crippen LogP) is 4.83. The number of benzene rings is 3. The summed E-state index contributed by atoms with van der Waals surface area (Å²) in [6, 6.07) is 22.2. The number of nitrogens with one attached hydrogen (secondary N) is 2. The van der Waals surface area contributed by atoms with Gasteiger partial charge in [-0.15, -0.1) is 0 Å². The quantitative estimate of drug-likeness (QED) is 0.590. The van der Waals surface area contributed by atoms with Gasteiger partial charge in [0.25, 0.3) is 5.91 Å². The van der Waals surface area contributed by atoms with Gasteiger partial charge in [-0.1, -0.05) is 54.6 Å². The Bertz CT molecular complexity index is 1100. The van der Waals surface area contributed by atoms with Crippen LogP contribution >= 0.6 is 0 Å². The van der Waals surface area contributed by atoms with Crippen LogP contribution in [-0.4, -0.2) is 35.8 Å². The molecule has 2 amide bonds. The van der Waals surface area contributed by atoms with Crippen molar-refractivity contribution < 1.29 is 9.59 Å². The standard InChI is InChI=1S/C27H31N3O2/c1-19(2)28-27(32)24-12-5-6-13-25(24)29-26(31)21-14-16-30(17-15-21)18-22-10-7-9-20-8-3-4-11-23(20)22/h3-13,19,21H,14-18H2,1-2H3,(H,28,32)(H,29,31). The molecule has 1 saturated heterocycles.